The highest BCUT2D eigenvalue weighted by molar-refractivity contribution is 8.14. The van der Waals surface area contributed by atoms with E-state index < -0.39 is 19.1 Å². The van der Waals surface area contributed by atoms with Crippen LogP contribution in [0, 0.1) is 0 Å². The molecule has 1 rings (SSSR count). The van der Waals surface area contributed by atoms with Crippen LogP contribution in [0.2, 0.25) is 0 Å². The summed E-state index contributed by atoms with van der Waals surface area (Å²) in [7, 11) is -0.508. The van der Waals surface area contributed by atoms with Crippen molar-refractivity contribution in [2.75, 3.05) is 18.6 Å². The molecule has 0 aromatic heterocycles. The second kappa shape index (κ2) is 6.25. The van der Waals surface area contributed by atoms with Gasteiger partial charge in [-0.25, -0.2) is 21.6 Å². The number of halogens is 1. The van der Waals surface area contributed by atoms with Gasteiger partial charge in [0.15, 0.2) is 0 Å². The van der Waals surface area contributed by atoms with Crippen molar-refractivity contribution in [1.82, 2.24) is 4.72 Å². The molecule has 0 fully saturated rings. The van der Waals surface area contributed by atoms with E-state index in [1.54, 1.807) is 12.1 Å². The predicted octanol–water partition coefficient (Wildman–Crippen LogP) is 1.26. The molecular weight excluding hydrogens is 318 g/mol. The first kappa shape index (κ1) is 15.8. The first-order valence-electron chi connectivity index (χ1n) is 4.83. The van der Waals surface area contributed by atoms with Crippen molar-refractivity contribution in [1.29, 1.82) is 0 Å². The number of rotatable bonds is 6. The molecule has 0 aliphatic rings. The Morgan fingerprint density at radius 3 is 2.17 bits per heavy atom. The molecule has 0 radical (unpaired) electrons. The van der Waals surface area contributed by atoms with Gasteiger partial charge in [-0.15, -0.1) is 11.8 Å². The summed E-state index contributed by atoms with van der Waals surface area (Å²) in [6, 6.07) is 6.16. The van der Waals surface area contributed by atoms with Gasteiger partial charge in [0.05, 0.1) is 10.6 Å². The van der Waals surface area contributed by atoms with Crippen molar-refractivity contribution in [2.45, 2.75) is 9.79 Å². The van der Waals surface area contributed by atoms with Crippen LogP contribution < -0.4 is 4.72 Å². The SMILES string of the molecule is CNS(=O)(=O)c1ccc(SCCS(=O)(=O)Cl)cc1. The van der Waals surface area contributed by atoms with E-state index in [1.165, 1.54) is 30.9 Å². The van der Waals surface area contributed by atoms with Crippen molar-refractivity contribution in [3.63, 3.8) is 0 Å². The molecule has 0 aliphatic heterocycles. The summed E-state index contributed by atoms with van der Waals surface area (Å²) < 4.78 is 46.5. The molecule has 0 saturated carbocycles. The Morgan fingerprint density at radius 1 is 1.17 bits per heavy atom. The first-order valence-corrected chi connectivity index (χ1v) is 9.78. The second-order valence-electron chi connectivity index (χ2n) is 3.27. The zero-order chi connectivity index (χ0) is 13.8. The van der Waals surface area contributed by atoms with E-state index in [9.17, 15) is 16.8 Å². The van der Waals surface area contributed by atoms with Gasteiger partial charge in [0.25, 0.3) is 0 Å². The number of thioether (sulfide) groups is 1. The second-order valence-corrected chi connectivity index (χ2v) is 9.22. The van der Waals surface area contributed by atoms with Crippen molar-refractivity contribution in [3.05, 3.63) is 24.3 Å². The number of hydrogen-bond donors (Lipinski definition) is 1. The largest absolute Gasteiger partial charge is 0.240 e. The molecule has 0 aliphatic carbocycles. The summed E-state index contributed by atoms with van der Waals surface area (Å²) in [5.41, 5.74) is 0. The van der Waals surface area contributed by atoms with E-state index in [1.807, 2.05) is 0 Å². The van der Waals surface area contributed by atoms with E-state index in [0.29, 0.717) is 5.75 Å². The molecule has 0 bridgehead atoms. The van der Waals surface area contributed by atoms with Crippen LogP contribution in [0.15, 0.2) is 34.1 Å². The molecule has 0 unspecified atom stereocenters. The molecule has 0 saturated heterocycles. The molecule has 1 N–H and O–H groups in total. The summed E-state index contributed by atoms with van der Waals surface area (Å²) in [5, 5.41) is 0. The van der Waals surface area contributed by atoms with Gasteiger partial charge in [-0.3, -0.25) is 0 Å². The molecule has 5 nitrogen and oxygen atoms in total. The summed E-state index contributed by atoms with van der Waals surface area (Å²) >= 11 is 1.30. The van der Waals surface area contributed by atoms with Gasteiger partial charge in [-0.2, -0.15) is 0 Å². The van der Waals surface area contributed by atoms with Crippen molar-refractivity contribution < 1.29 is 16.8 Å². The average Bonchev–Trinajstić information content (AvgIpc) is 2.28. The van der Waals surface area contributed by atoms with E-state index >= 15 is 0 Å². The maximum Gasteiger partial charge on any atom is 0.240 e. The standard InChI is InChI=1S/C9H12ClNO4S3/c1-11-18(14,15)9-4-2-8(3-5-9)16-6-7-17(10,12)13/h2-5,11H,6-7H2,1H3. The Labute approximate surface area is 115 Å². The van der Waals surface area contributed by atoms with Crippen LogP contribution in [0.1, 0.15) is 0 Å². The van der Waals surface area contributed by atoms with Crippen LogP contribution in [0.3, 0.4) is 0 Å². The molecule has 1 aromatic rings. The van der Waals surface area contributed by atoms with Gasteiger partial charge in [-0.05, 0) is 31.3 Å². The highest BCUT2D eigenvalue weighted by Crippen LogP contribution is 2.20. The number of hydrogen-bond acceptors (Lipinski definition) is 5. The fraction of sp³-hybridized carbons (Fsp3) is 0.333. The van der Waals surface area contributed by atoms with Gasteiger partial charge >= 0.3 is 0 Å². The van der Waals surface area contributed by atoms with E-state index in [0.717, 1.165) is 4.90 Å². The average molecular weight is 330 g/mol. The van der Waals surface area contributed by atoms with Crippen LogP contribution in [-0.2, 0) is 19.1 Å². The first-order chi connectivity index (χ1) is 8.24. The van der Waals surface area contributed by atoms with Crippen LogP contribution in [0.5, 0.6) is 0 Å². The third kappa shape index (κ3) is 5.15. The van der Waals surface area contributed by atoms with E-state index in [4.69, 9.17) is 10.7 Å². The van der Waals surface area contributed by atoms with Crippen LogP contribution in [0.25, 0.3) is 0 Å². The third-order valence-corrected chi connectivity index (χ3v) is 5.86. The lowest BCUT2D eigenvalue weighted by Gasteiger charge is -2.04. The van der Waals surface area contributed by atoms with Gasteiger partial charge in [0.1, 0.15) is 0 Å². The van der Waals surface area contributed by atoms with Crippen molar-refractivity contribution in [2.24, 2.45) is 0 Å². The Morgan fingerprint density at radius 2 is 1.72 bits per heavy atom. The fourth-order valence-corrected chi connectivity index (χ4v) is 4.08. The Bertz CT molecular complexity index is 595. The van der Waals surface area contributed by atoms with Crippen molar-refractivity contribution in [3.8, 4) is 0 Å². The highest BCUT2D eigenvalue weighted by atomic mass is 35.7. The molecule has 0 amide bonds. The van der Waals surface area contributed by atoms with Crippen LogP contribution >= 0.6 is 22.4 Å². The Balaban J connectivity index is 2.67. The molecule has 0 atom stereocenters. The molecular formula is C9H12ClNO4S3. The zero-order valence-electron chi connectivity index (χ0n) is 9.46. The minimum Gasteiger partial charge on any atom is -0.214 e. The molecule has 1 aromatic carbocycles. The predicted molar refractivity (Wildman–Crippen MR) is 73.1 cm³/mol. The van der Waals surface area contributed by atoms with Gasteiger partial charge in [0, 0.05) is 21.3 Å². The van der Waals surface area contributed by atoms with Gasteiger partial charge < -0.3 is 0 Å². The lowest BCUT2D eigenvalue weighted by atomic mass is 10.4. The lowest BCUT2D eigenvalue weighted by molar-refractivity contribution is 0.588. The summed E-state index contributed by atoms with van der Waals surface area (Å²) in [5.74, 6) is 0.194. The Kier molecular flexibility index (Phi) is 5.47. The minimum atomic E-state index is -3.48. The normalized spacial score (nSPS) is 12.6. The smallest absolute Gasteiger partial charge is 0.214 e. The summed E-state index contributed by atoms with van der Waals surface area (Å²) in [6.45, 7) is 0. The van der Waals surface area contributed by atoms with Crippen LogP contribution in [-0.4, -0.2) is 35.4 Å². The fourth-order valence-electron chi connectivity index (χ4n) is 1.09. The van der Waals surface area contributed by atoms with E-state index in [2.05, 4.69) is 4.72 Å². The maximum atomic E-state index is 11.4. The quantitative estimate of drug-likeness (QED) is 0.627. The molecule has 9 heteroatoms. The molecule has 0 spiro atoms. The van der Waals surface area contributed by atoms with Gasteiger partial charge in [0.2, 0.25) is 19.1 Å². The Hall–Kier alpha value is -0.280. The highest BCUT2D eigenvalue weighted by Gasteiger charge is 2.11. The topological polar surface area (TPSA) is 80.3 Å². The van der Waals surface area contributed by atoms with Gasteiger partial charge in [-0.1, -0.05) is 0 Å². The molecule has 18 heavy (non-hydrogen) atoms. The molecule has 102 valence electrons. The van der Waals surface area contributed by atoms with E-state index in [-0.39, 0.29) is 10.6 Å². The van der Waals surface area contributed by atoms with Crippen LogP contribution in [0.4, 0.5) is 0 Å². The summed E-state index contributed by atoms with van der Waals surface area (Å²) in [4.78, 5) is 0.949. The minimum absolute atomic E-state index is 0.129. The zero-order valence-corrected chi connectivity index (χ0v) is 12.7. The number of sulfonamides is 1. The lowest BCUT2D eigenvalue weighted by Crippen LogP contribution is -2.18. The van der Waals surface area contributed by atoms with Crippen molar-refractivity contribution >= 4 is 41.5 Å². The maximum absolute atomic E-state index is 11.4. The number of benzene rings is 1. The number of nitrogens with one attached hydrogen (secondary N) is 1. The molecule has 0 heterocycles. The monoisotopic (exact) mass is 329 g/mol. The summed E-state index contributed by atoms with van der Waals surface area (Å²) in [6.07, 6.45) is 0. The third-order valence-electron chi connectivity index (χ3n) is 2.00.